The predicted molar refractivity (Wildman–Crippen MR) is 114 cm³/mol. The zero-order chi connectivity index (χ0) is 20.5. The molecule has 0 radical (unpaired) electrons. The van der Waals surface area contributed by atoms with E-state index in [0.717, 1.165) is 32.6 Å². The van der Waals surface area contributed by atoms with Crippen molar-refractivity contribution in [1.82, 2.24) is 4.98 Å². The summed E-state index contributed by atoms with van der Waals surface area (Å²) in [4.78, 5) is 4.33. The molecule has 8 heteroatoms. The number of pyridine rings is 1. The van der Waals surface area contributed by atoms with Crippen LogP contribution < -0.4 is 9.47 Å². The molecule has 0 amide bonds. The third-order valence-electron chi connectivity index (χ3n) is 3.78. The molecule has 0 aliphatic heterocycles. The summed E-state index contributed by atoms with van der Waals surface area (Å²) in [7, 11) is 3.20. The number of aryl methyl sites for hydroxylation is 1. The van der Waals surface area contributed by atoms with Crippen molar-refractivity contribution in [2.24, 2.45) is 10.2 Å². The number of rotatable bonds is 9. The Morgan fingerprint density at radius 1 is 1.25 bits per heavy atom. The Labute approximate surface area is 178 Å². The minimum absolute atomic E-state index is 0.305. The van der Waals surface area contributed by atoms with Crippen molar-refractivity contribution in [2.75, 3.05) is 20.8 Å². The zero-order valence-corrected chi connectivity index (χ0v) is 18.6. The van der Waals surface area contributed by atoms with E-state index in [1.165, 1.54) is 0 Å². The van der Waals surface area contributed by atoms with Crippen LogP contribution in [-0.4, -0.2) is 25.8 Å². The first-order valence-corrected chi connectivity index (χ1v) is 9.88. The van der Waals surface area contributed by atoms with Gasteiger partial charge in [0.15, 0.2) is 17.3 Å². The molecule has 2 rings (SSSR count). The number of azo groups is 1. The summed E-state index contributed by atoms with van der Waals surface area (Å²) in [6.45, 7) is 5.19. The van der Waals surface area contributed by atoms with Gasteiger partial charge in [0.2, 0.25) is 0 Å². The van der Waals surface area contributed by atoms with E-state index < -0.39 is 0 Å². The van der Waals surface area contributed by atoms with E-state index in [2.05, 4.69) is 50.8 Å². The van der Waals surface area contributed by atoms with Crippen molar-refractivity contribution in [3.63, 3.8) is 0 Å². The number of ether oxygens (including phenoxy) is 3. The highest BCUT2D eigenvalue weighted by atomic mass is 127. The lowest BCUT2D eigenvalue weighted by Crippen LogP contribution is -2.01. The van der Waals surface area contributed by atoms with Gasteiger partial charge in [0, 0.05) is 18.4 Å². The van der Waals surface area contributed by atoms with Gasteiger partial charge in [0.25, 0.3) is 0 Å². The summed E-state index contributed by atoms with van der Waals surface area (Å²) in [5.74, 6) is 1.71. The molecule has 28 heavy (non-hydrogen) atoms. The van der Waals surface area contributed by atoms with E-state index >= 15 is 0 Å². The van der Waals surface area contributed by atoms with Crippen LogP contribution in [0.15, 0.2) is 28.4 Å². The smallest absolute Gasteiger partial charge is 0.192 e. The average molecular weight is 494 g/mol. The lowest BCUT2D eigenvalue weighted by atomic mass is 10.1. The number of halogens is 1. The molecule has 0 spiro atoms. The normalized spacial score (nSPS) is 10.9. The maximum Gasteiger partial charge on any atom is 0.192 e. The summed E-state index contributed by atoms with van der Waals surface area (Å²) < 4.78 is 17.3. The first-order chi connectivity index (χ1) is 13.5. The minimum atomic E-state index is 0.305. The number of methoxy groups -OCH3 is 2. The Kier molecular flexibility index (Phi) is 8.60. The zero-order valence-electron chi connectivity index (χ0n) is 16.5. The number of hydrogen-bond donors (Lipinski definition) is 0. The van der Waals surface area contributed by atoms with Crippen molar-refractivity contribution in [3.8, 4) is 17.6 Å². The van der Waals surface area contributed by atoms with Gasteiger partial charge in [-0.15, -0.1) is 5.11 Å². The monoisotopic (exact) mass is 494 g/mol. The summed E-state index contributed by atoms with van der Waals surface area (Å²) in [5.41, 5.74) is 2.82. The fraction of sp³-hybridized carbons (Fsp3) is 0.400. The van der Waals surface area contributed by atoms with Crippen molar-refractivity contribution >= 4 is 28.4 Å². The second kappa shape index (κ2) is 10.9. The predicted octanol–water partition coefficient (Wildman–Crippen LogP) is 5.09. The van der Waals surface area contributed by atoms with Crippen molar-refractivity contribution in [3.05, 3.63) is 44.2 Å². The van der Waals surface area contributed by atoms with Crippen LogP contribution in [0.3, 0.4) is 0 Å². The van der Waals surface area contributed by atoms with Gasteiger partial charge in [-0.05, 0) is 59.7 Å². The molecule has 1 heterocycles. The molecule has 0 bridgehead atoms. The van der Waals surface area contributed by atoms with Gasteiger partial charge in [-0.25, -0.2) is 4.98 Å². The van der Waals surface area contributed by atoms with Gasteiger partial charge in [0.1, 0.15) is 11.6 Å². The van der Waals surface area contributed by atoms with E-state index in [9.17, 15) is 5.26 Å². The molecule has 1 aromatic carbocycles. The van der Waals surface area contributed by atoms with Crippen LogP contribution in [0.4, 0.5) is 5.82 Å². The summed E-state index contributed by atoms with van der Waals surface area (Å²) in [5, 5.41) is 17.9. The molecule has 7 nitrogen and oxygen atoms in total. The van der Waals surface area contributed by atoms with Crippen LogP contribution in [0, 0.1) is 21.8 Å². The van der Waals surface area contributed by atoms with Crippen LogP contribution in [-0.2, 0) is 17.9 Å². The Hall–Kier alpha value is -2.25. The van der Waals surface area contributed by atoms with Crippen LogP contribution in [0.1, 0.15) is 35.7 Å². The van der Waals surface area contributed by atoms with Crippen LogP contribution in [0.25, 0.3) is 0 Å². The molecule has 0 fully saturated rings. The second-order valence-corrected chi connectivity index (χ2v) is 7.19. The molecule has 1 aromatic heterocycles. The molecule has 0 aliphatic carbocycles. The highest BCUT2D eigenvalue weighted by Gasteiger charge is 2.13. The molecule has 0 unspecified atom stereocenters. The summed E-state index contributed by atoms with van der Waals surface area (Å²) >= 11 is 2.22. The number of benzene rings is 1. The van der Waals surface area contributed by atoms with Crippen molar-refractivity contribution < 1.29 is 14.2 Å². The Morgan fingerprint density at radius 2 is 2.04 bits per heavy atom. The lowest BCUT2D eigenvalue weighted by molar-refractivity contribution is 0.184. The third kappa shape index (κ3) is 5.62. The van der Waals surface area contributed by atoms with E-state index in [1.54, 1.807) is 14.2 Å². The Balaban J connectivity index is 2.26. The molecular weight excluding hydrogens is 471 g/mol. The molecule has 0 saturated carbocycles. The highest BCUT2D eigenvalue weighted by molar-refractivity contribution is 14.1. The van der Waals surface area contributed by atoms with E-state index in [4.69, 9.17) is 14.2 Å². The number of hydrogen-bond acceptors (Lipinski definition) is 7. The fourth-order valence-electron chi connectivity index (χ4n) is 2.58. The van der Waals surface area contributed by atoms with Gasteiger partial charge in [-0.3, -0.25) is 0 Å². The lowest BCUT2D eigenvalue weighted by Gasteiger charge is -2.13. The molecule has 0 aliphatic rings. The van der Waals surface area contributed by atoms with Crippen LogP contribution in [0.2, 0.25) is 0 Å². The Morgan fingerprint density at radius 3 is 2.68 bits per heavy atom. The Bertz CT molecular complexity index is 894. The minimum Gasteiger partial charge on any atom is -0.493 e. The first kappa shape index (κ1) is 22.0. The largest absolute Gasteiger partial charge is 0.493 e. The van der Waals surface area contributed by atoms with Crippen LogP contribution >= 0.6 is 22.6 Å². The number of aromatic nitrogens is 1. The average Bonchev–Trinajstić information content (AvgIpc) is 2.67. The maximum atomic E-state index is 9.46. The molecule has 0 saturated heterocycles. The summed E-state index contributed by atoms with van der Waals surface area (Å²) in [6.07, 6.45) is 0.922. The van der Waals surface area contributed by atoms with E-state index in [-0.39, 0.29) is 0 Å². The van der Waals surface area contributed by atoms with Crippen molar-refractivity contribution in [2.45, 2.75) is 33.4 Å². The maximum absolute atomic E-state index is 9.46. The van der Waals surface area contributed by atoms with E-state index in [0.29, 0.717) is 36.9 Å². The summed E-state index contributed by atoms with van der Waals surface area (Å²) in [6, 6.07) is 7.84. The molecule has 2 aromatic rings. The quantitative estimate of drug-likeness (QED) is 0.358. The second-order valence-electron chi connectivity index (χ2n) is 6.02. The van der Waals surface area contributed by atoms with Gasteiger partial charge in [0.05, 0.1) is 30.4 Å². The van der Waals surface area contributed by atoms with Gasteiger partial charge < -0.3 is 14.2 Å². The first-order valence-electron chi connectivity index (χ1n) is 8.80. The number of nitriles is 1. The fourth-order valence-corrected chi connectivity index (χ4v) is 3.40. The molecule has 148 valence electrons. The third-order valence-corrected chi connectivity index (χ3v) is 4.58. The van der Waals surface area contributed by atoms with E-state index in [1.807, 2.05) is 25.1 Å². The van der Waals surface area contributed by atoms with Gasteiger partial charge >= 0.3 is 0 Å². The van der Waals surface area contributed by atoms with Gasteiger partial charge in [-0.2, -0.15) is 10.4 Å². The molecular formula is C20H23IN4O3. The van der Waals surface area contributed by atoms with Crippen LogP contribution in [0.5, 0.6) is 11.5 Å². The van der Waals surface area contributed by atoms with Crippen molar-refractivity contribution in [1.29, 1.82) is 5.26 Å². The molecule has 0 atom stereocenters. The standard InChI is InChI=1S/C20H23IN4O3/c1-5-6-28-19-17(21)8-14(9-18(19)27-4)11-23-25-20-16(10-22)15(12-26-3)7-13(2)24-20/h7-9H,5-6,11-12H2,1-4H3. The van der Waals surface area contributed by atoms with Gasteiger partial charge in [-0.1, -0.05) is 6.92 Å². The number of nitrogens with zero attached hydrogens (tertiary/aromatic N) is 4. The topological polar surface area (TPSA) is 89.1 Å². The SMILES string of the molecule is CCCOc1c(I)cc(CN=Nc2nc(C)cc(COC)c2C#N)cc1OC. The molecule has 0 N–H and O–H groups in total. The highest BCUT2D eigenvalue weighted by Crippen LogP contribution is 2.34.